The third-order valence-corrected chi connectivity index (χ3v) is 7.02. The lowest BCUT2D eigenvalue weighted by atomic mass is 9.96. The molecule has 0 spiro atoms. The van der Waals surface area contributed by atoms with Crippen LogP contribution in [-0.2, 0) is 14.8 Å². The van der Waals surface area contributed by atoms with Crippen LogP contribution in [0.3, 0.4) is 0 Å². The van der Waals surface area contributed by atoms with Gasteiger partial charge in [0.05, 0.1) is 10.8 Å². The van der Waals surface area contributed by atoms with Crippen molar-refractivity contribution in [2.75, 3.05) is 24.4 Å². The fourth-order valence-corrected chi connectivity index (χ4v) is 5.18. The van der Waals surface area contributed by atoms with Crippen molar-refractivity contribution in [3.63, 3.8) is 0 Å². The van der Waals surface area contributed by atoms with Gasteiger partial charge in [0, 0.05) is 30.9 Å². The highest BCUT2D eigenvalue weighted by atomic mass is 32.2. The number of anilines is 1. The van der Waals surface area contributed by atoms with Crippen LogP contribution in [0, 0.1) is 19.8 Å². The zero-order valence-corrected chi connectivity index (χ0v) is 19.2. The Balaban J connectivity index is 1.74. The maximum absolute atomic E-state index is 13.1. The molecule has 0 saturated carbocycles. The number of hydrogen-bond acceptors (Lipinski definition) is 4. The van der Waals surface area contributed by atoms with Crippen LogP contribution < -0.4 is 10.0 Å². The third-order valence-electron chi connectivity index (χ3n) is 5.48. The topological polar surface area (TPSA) is 95.6 Å². The number of carbonyl (C=O) groups is 2. The van der Waals surface area contributed by atoms with Crippen LogP contribution in [0.1, 0.15) is 34.3 Å². The molecule has 0 bridgehead atoms. The number of sulfonamides is 1. The zero-order chi connectivity index (χ0) is 23.3. The minimum absolute atomic E-state index is 0.0858. The molecule has 8 heteroatoms. The highest BCUT2D eigenvalue weighted by molar-refractivity contribution is 7.92. The summed E-state index contributed by atoms with van der Waals surface area (Å²) < 4.78 is 28.3. The van der Waals surface area contributed by atoms with E-state index in [1.165, 1.54) is 6.07 Å². The summed E-state index contributed by atoms with van der Waals surface area (Å²) in [6.07, 6.45) is 3.08. The van der Waals surface area contributed by atoms with Gasteiger partial charge in [-0.2, -0.15) is 0 Å². The number of likely N-dealkylation sites (tertiary alicyclic amines) is 1. The molecule has 0 aromatic heterocycles. The number of amides is 2. The van der Waals surface area contributed by atoms with Crippen LogP contribution in [0.4, 0.5) is 5.69 Å². The standard InChI is InChI=1S/C24H29N3O4S/c1-4-12-25-23(28)20-8-6-13-27(16-20)24(29)19-7-5-9-21(15-19)26-32(30,31)22-11-10-17(2)14-18(22)3/h4-5,7,9-11,14-15,20,26H,1,6,8,12-13,16H2,2-3H3,(H,25,28). The van der Waals surface area contributed by atoms with Crippen LogP contribution in [0.15, 0.2) is 60.0 Å². The van der Waals surface area contributed by atoms with E-state index in [0.717, 1.165) is 18.4 Å². The van der Waals surface area contributed by atoms with Gasteiger partial charge >= 0.3 is 0 Å². The molecular weight excluding hydrogens is 426 g/mol. The van der Waals surface area contributed by atoms with Gasteiger partial charge in [0.1, 0.15) is 0 Å². The highest BCUT2D eigenvalue weighted by Gasteiger charge is 2.29. The number of benzene rings is 2. The van der Waals surface area contributed by atoms with Crippen molar-refractivity contribution in [3.8, 4) is 0 Å². The molecule has 1 unspecified atom stereocenters. The molecule has 1 heterocycles. The Kier molecular flexibility index (Phi) is 7.35. The zero-order valence-electron chi connectivity index (χ0n) is 18.4. The molecule has 2 aromatic rings. The minimum atomic E-state index is -3.79. The largest absolute Gasteiger partial charge is 0.352 e. The monoisotopic (exact) mass is 455 g/mol. The molecule has 32 heavy (non-hydrogen) atoms. The van der Waals surface area contributed by atoms with Gasteiger partial charge in [-0.05, 0) is 56.5 Å². The van der Waals surface area contributed by atoms with E-state index >= 15 is 0 Å². The summed E-state index contributed by atoms with van der Waals surface area (Å²) in [6.45, 7) is 8.53. The molecule has 2 aromatic carbocycles. The fourth-order valence-electron chi connectivity index (χ4n) is 3.90. The Bertz CT molecular complexity index is 1130. The van der Waals surface area contributed by atoms with E-state index in [0.29, 0.717) is 36.4 Å². The summed E-state index contributed by atoms with van der Waals surface area (Å²) in [4.78, 5) is 27.2. The van der Waals surface area contributed by atoms with Crippen molar-refractivity contribution < 1.29 is 18.0 Å². The van der Waals surface area contributed by atoms with Crippen LogP contribution >= 0.6 is 0 Å². The molecule has 1 atom stereocenters. The average Bonchev–Trinajstić information content (AvgIpc) is 2.76. The molecule has 0 aliphatic carbocycles. The lowest BCUT2D eigenvalue weighted by Gasteiger charge is -2.32. The molecule has 170 valence electrons. The number of carbonyl (C=O) groups excluding carboxylic acids is 2. The quantitative estimate of drug-likeness (QED) is 0.627. The van der Waals surface area contributed by atoms with Gasteiger partial charge in [0.2, 0.25) is 5.91 Å². The van der Waals surface area contributed by atoms with Gasteiger partial charge in [-0.15, -0.1) is 6.58 Å². The molecule has 1 fully saturated rings. The molecule has 3 rings (SSSR count). The summed E-state index contributed by atoms with van der Waals surface area (Å²) in [5.41, 5.74) is 2.32. The minimum Gasteiger partial charge on any atom is -0.352 e. The molecule has 1 aliphatic heterocycles. The van der Waals surface area contributed by atoms with Gasteiger partial charge in [0.15, 0.2) is 0 Å². The van der Waals surface area contributed by atoms with Crippen LogP contribution in [0.25, 0.3) is 0 Å². The van der Waals surface area contributed by atoms with Gasteiger partial charge in [-0.25, -0.2) is 8.42 Å². The number of aryl methyl sites for hydroxylation is 2. The Labute approximate surface area is 189 Å². The van der Waals surface area contributed by atoms with Crippen molar-refractivity contribution >= 4 is 27.5 Å². The first-order valence-electron chi connectivity index (χ1n) is 10.6. The first kappa shape index (κ1) is 23.5. The Morgan fingerprint density at radius 3 is 2.69 bits per heavy atom. The predicted molar refractivity (Wildman–Crippen MR) is 125 cm³/mol. The second-order valence-corrected chi connectivity index (χ2v) is 9.73. The maximum atomic E-state index is 13.1. The summed E-state index contributed by atoms with van der Waals surface area (Å²) in [6, 6.07) is 11.6. The predicted octanol–water partition coefficient (Wildman–Crippen LogP) is 3.26. The van der Waals surface area contributed by atoms with E-state index in [1.807, 2.05) is 13.0 Å². The lowest BCUT2D eigenvalue weighted by Crippen LogP contribution is -2.45. The van der Waals surface area contributed by atoms with Gasteiger partial charge < -0.3 is 10.2 Å². The van der Waals surface area contributed by atoms with Crippen molar-refractivity contribution in [1.82, 2.24) is 10.2 Å². The fraction of sp³-hybridized carbons (Fsp3) is 0.333. The molecule has 2 N–H and O–H groups in total. The number of piperidine rings is 1. The molecule has 0 radical (unpaired) electrons. The SMILES string of the molecule is C=CCNC(=O)C1CCCN(C(=O)c2cccc(NS(=O)(=O)c3ccc(C)cc3C)c2)C1. The van der Waals surface area contributed by atoms with Gasteiger partial charge in [0.25, 0.3) is 15.9 Å². The first-order valence-corrected chi connectivity index (χ1v) is 12.1. The lowest BCUT2D eigenvalue weighted by molar-refractivity contribution is -0.126. The van der Waals surface area contributed by atoms with E-state index in [9.17, 15) is 18.0 Å². The second-order valence-electron chi connectivity index (χ2n) is 8.08. The van der Waals surface area contributed by atoms with Crippen LogP contribution in [0.5, 0.6) is 0 Å². The summed E-state index contributed by atoms with van der Waals surface area (Å²) >= 11 is 0. The van der Waals surface area contributed by atoms with Crippen LogP contribution in [-0.4, -0.2) is 44.8 Å². The third kappa shape index (κ3) is 5.56. The average molecular weight is 456 g/mol. The summed E-state index contributed by atoms with van der Waals surface area (Å²) in [7, 11) is -3.79. The molecule has 7 nitrogen and oxygen atoms in total. The molecule has 2 amide bonds. The normalized spacial score (nSPS) is 16.3. The smallest absolute Gasteiger partial charge is 0.262 e. The van der Waals surface area contributed by atoms with E-state index in [4.69, 9.17) is 0 Å². The summed E-state index contributed by atoms with van der Waals surface area (Å²) in [5, 5.41) is 2.79. The van der Waals surface area contributed by atoms with Crippen molar-refractivity contribution in [1.29, 1.82) is 0 Å². The Morgan fingerprint density at radius 2 is 1.97 bits per heavy atom. The van der Waals surface area contributed by atoms with E-state index < -0.39 is 10.0 Å². The Morgan fingerprint density at radius 1 is 1.19 bits per heavy atom. The number of nitrogens with zero attached hydrogens (tertiary/aromatic N) is 1. The van der Waals surface area contributed by atoms with Gasteiger partial charge in [-0.3, -0.25) is 14.3 Å². The van der Waals surface area contributed by atoms with E-state index in [2.05, 4.69) is 16.6 Å². The molecular formula is C24H29N3O4S. The maximum Gasteiger partial charge on any atom is 0.262 e. The highest BCUT2D eigenvalue weighted by Crippen LogP contribution is 2.23. The van der Waals surface area contributed by atoms with Crippen LogP contribution in [0.2, 0.25) is 0 Å². The van der Waals surface area contributed by atoms with E-state index in [1.54, 1.807) is 48.2 Å². The number of rotatable bonds is 7. The van der Waals surface area contributed by atoms with E-state index in [-0.39, 0.29) is 22.6 Å². The Hall–Kier alpha value is -3.13. The summed E-state index contributed by atoms with van der Waals surface area (Å²) in [5.74, 6) is -0.574. The van der Waals surface area contributed by atoms with Crippen molar-refractivity contribution in [2.45, 2.75) is 31.6 Å². The molecule has 1 saturated heterocycles. The number of nitrogens with one attached hydrogen (secondary N) is 2. The van der Waals surface area contributed by atoms with Crippen molar-refractivity contribution in [3.05, 3.63) is 71.8 Å². The first-order chi connectivity index (χ1) is 15.2. The molecule has 1 aliphatic rings. The van der Waals surface area contributed by atoms with Crippen molar-refractivity contribution in [2.24, 2.45) is 5.92 Å². The number of hydrogen-bond donors (Lipinski definition) is 2. The van der Waals surface area contributed by atoms with Gasteiger partial charge in [-0.1, -0.05) is 29.8 Å². The second kappa shape index (κ2) is 9.99.